The average Bonchev–Trinajstić information content (AvgIpc) is 3.40. The highest BCUT2D eigenvalue weighted by Gasteiger charge is 2.45. The van der Waals surface area contributed by atoms with Crippen molar-refractivity contribution >= 4 is 31.1 Å². The van der Waals surface area contributed by atoms with Gasteiger partial charge < -0.3 is 25.5 Å². The fraction of sp³-hybridized carbons (Fsp3) is 0.368. The number of carboxylic acid groups (broad SMARTS) is 1. The van der Waals surface area contributed by atoms with Crippen LogP contribution >= 0.6 is 8.18 Å². The maximum Gasteiger partial charge on any atom is 0.653 e. The first-order chi connectivity index (χ1) is 15.8. The van der Waals surface area contributed by atoms with E-state index in [-0.39, 0.29) is 18.8 Å². The third-order valence-corrected chi connectivity index (χ3v) is 6.16. The van der Waals surface area contributed by atoms with Crippen LogP contribution in [0.3, 0.4) is 0 Å². The Morgan fingerprint density at radius 2 is 2.12 bits per heavy atom. The number of aliphatic hydroxyl groups excluding tert-OH is 1. The maximum atomic E-state index is 12.8. The Morgan fingerprint density at radius 3 is 2.85 bits per heavy atom. The quantitative estimate of drug-likeness (QED) is 0.300. The number of hydrogen-bond donors (Lipinski definition) is 3. The van der Waals surface area contributed by atoms with Gasteiger partial charge in [0.05, 0.1) is 12.4 Å². The predicted octanol–water partition coefficient (Wildman–Crippen LogP) is 1.50. The van der Waals surface area contributed by atoms with Crippen LogP contribution < -0.4 is 10.6 Å². The minimum Gasteiger partial charge on any atom is -0.480 e. The zero-order chi connectivity index (χ0) is 23.5. The van der Waals surface area contributed by atoms with Crippen molar-refractivity contribution in [3.8, 4) is 5.75 Å². The lowest BCUT2D eigenvalue weighted by Crippen LogP contribution is -2.37. The lowest BCUT2D eigenvalue weighted by atomic mass is 10.2. The molecule has 4 N–H and O–H groups in total. The Labute approximate surface area is 188 Å². The lowest BCUT2D eigenvalue weighted by molar-refractivity contribution is -0.148. The molecule has 0 radical (unpaired) electrons. The summed E-state index contributed by atoms with van der Waals surface area (Å²) in [5.74, 6) is -0.730. The number of hydroxylamine groups is 1. The van der Waals surface area contributed by atoms with Gasteiger partial charge in [-0.2, -0.15) is 0 Å². The van der Waals surface area contributed by atoms with Crippen LogP contribution in [-0.2, 0) is 18.6 Å². The smallest absolute Gasteiger partial charge is 0.480 e. The first-order valence-electron chi connectivity index (χ1n) is 9.96. The summed E-state index contributed by atoms with van der Waals surface area (Å²) in [6, 6.07) is 7.05. The number of aliphatic hydroxyl groups is 1. The Hall–Kier alpha value is -3.22. The number of aromatic nitrogens is 4. The van der Waals surface area contributed by atoms with E-state index in [1.54, 1.807) is 34.9 Å². The summed E-state index contributed by atoms with van der Waals surface area (Å²) in [7, 11) is -2.73. The average molecular weight is 477 g/mol. The van der Waals surface area contributed by atoms with Crippen LogP contribution in [0.25, 0.3) is 11.2 Å². The topological polar surface area (TPSA) is 175 Å². The number of aliphatic carboxylic acids is 1. The monoisotopic (exact) mass is 477 g/mol. The molecule has 4 rings (SSSR count). The number of carboxylic acids is 1. The van der Waals surface area contributed by atoms with Gasteiger partial charge >= 0.3 is 14.1 Å². The number of benzene rings is 1. The molecule has 0 amide bonds. The standard InChI is InChI=1S/C19H21N6O7P/c1-11(19(27)28)25(32-12-5-3-2-4-6-12)33(29)30-8-14-13(26)7-15(31-14)24-10-23-16-17(20)21-9-22-18(16)24/h2-6,9-11,13-15,26H,7-8H2,1H3,(H2-,20,21,22,27,28)/p+1/t11?,13-,14+,15+/m0/s1. The van der Waals surface area contributed by atoms with E-state index < -0.39 is 38.6 Å². The lowest BCUT2D eigenvalue weighted by Gasteiger charge is -2.16. The first-order valence-corrected chi connectivity index (χ1v) is 11.1. The molecule has 2 unspecified atom stereocenters. The summed E-state index contributed by atoms with van der Waals surface area (Å²) in [5.41, 5.74) is 6.67. The van der Waals surface area contributed by atoms with Crippen molar-refractivity contribution in [2.75, 3.05) is 12.3 Å². The molecule has 1 fully saturated rings. The molecule has 3 aromatic rings. The van der Waals surface area contributed by atoms with Crippen molar-refractivity contribution in [3.63, 3.8) is 0 Å². The molecule has 13 nitrogen and oxygen atoms in total. The molecule has 33 heavy (non-hydrogen) atoms. The van der Waals surface area contributed by atoms with Crippen LogP contribution in [0.15, 0.2) is 43.0 Å². The molecule has 5 atom stereocenters. The number of hydrogen-bond acceptors (Lipinski definition) is 10. The summed E-state index contributed by atoms with van der Waals surface area (Å²) < 4.78 is 25.6. The second kappa shape index (κ2) is 9.73. The van der Waals surface area contributed by atoms with Gasteiger partial charge in [0.1, 0.15) is 35.6 Å². The second-order valence-electron chi connectivity index (χ2n) is 7.27. The van der Waals surface area contributed by atoms with Crippen molar-refractivity contribution in [1.29, 1.82) is 0 Å². The highest BCUT2D eigenvalue weighted by Crippen LogP contribution is 2.36. The van der Waals surface area contributed by atoms with Crippen molar-refractivity contribution in [1.82, 2.24) is 24.4 Å². The van der Waals surface area contributed by atoms with Crippen LogP contribution in [0.1, 0.15) is 19.6 Å². The summed E-state index contributed by atoms with van der Waals surface area (Å²) in [5, 5.41) is 19.8. The first kappa shape index (κ1) is 23.0. The van der Waals surface area contributed by atoms with E-state index in [1.165, 1.54) is 19.6 Å². The van der Waals surface area contributed by atoms with Gasteiger partial charge in [-0.25, -0.2) is 15.0 Å². The normalized spacial score (nSPS) is 21.9. The van der Waals surface area contributed by atoms with Crippen LogP contribution in [0.5, 0.6) is 5.75 Å². The van der Waals surface area contributed by atoms with Gasteiger partial charge in [0.2, 0.25) is 0 Å². The molecule has 1 saturated heterocycles. The molecule has 0 aliphatic carbocycles. The van der Waals surface area contributed by atoms with Crippen molar-refractivity contribution in [3.05, 3.63) is 43.0 Å². The van der Waals surface area contributed by atoms with E-state index in [9.17, 15) is 19.6 Å². The van der Waals surface area contributed by atoms with E-state index in [0.717, 1.165) is 4.83 Å². The fourth-order valence-corrected chi connectivity index (χ4v) is 4.18. The van der Waals surface area contributed by atoms with Crippen molar-refractivity contribution < 1.29 is 33.7 Å². The zero-order valence-corrected chi connectivity index (χ0v) is 18.4. The largest absolute Gasteiger partial charge is 0.653 e. The number of para-hydroxylation sites is 1. The van der Waals surface area contributed by atoms with Gasteiger partial charge in [0.25, 0.3) is 0 Å². The van der Waals surface area contributed by atoms with E-state index >= 15 is 0 Å². The second-order valence-corrected chi connectivity index (χ2v) is 8.40. The highest BCUT2D eigenvalue weighted by molar-refractivity contribution is 7.36. The molecule has 1 aliphatic heterocycles. The molecule has 1 aromatic carbocycles. The van der Waals surface area contributed by atoms with Gasteiger partial charge in [-0.3, -0.25) is 9.36 Å². The highest BCUT2D eigenvalue weighted by atomic mass is 31.1. The molecular weight excluding hydrogens is 455 g/mol. The molecule has 0 spiro atoms. The molecule has 0 saturated carbocycles. The van der Waals surface area contributed by atoms with E-state index in [4.69, 9.17) is 19.8 Å². The number of anilines is 1. The van der Waals surface area contributed by atoms with Gasteiger partial charge in [-0.1, -0.05) is 18.2 Å². The molecular formula is C19H22N6O7P+. The molecule has 14 heteroatoms. The number of fused-ring (bicyclic) bond motifs is 1. The van der Waals surface area contributed by atoms with Crippen molar-refractivity contribution in [2.24, 2.45) is 0 Å². The number of ether oxygens (including phenoxy) is 1. The molecule has 0 bridgehead atoms. The summed E-state index contributed by atoms with van der Waals surface area (Å²) in [6.07, 6.45) is 0.619. The third-order valence-electron chi connectivity index (χ3n) is 5.04. The number of rotatable bonds is 9. The number of nitrogen functional groups attached to an aromatic ring is 1. The van der Waals surface area contributed by atoms with Crippen LogP contribution in [0.4, 0.5) is 5.82 Å². The van der Waals surface area contributed by atoms with Gasteiger partial charge in [-0.05, 0) is 23.6 Å². The zero-order valence-electron chi connectivity index (χ0n) is 17.5. The number of nitrogens with zero attached hydrogens (tertiary/aromatic N) is 5. The fourth-order valence-electron chi connectivity index (χ4n) is 3.25. The molecule has 3 heterocycles. The molecule has 1 aliphatic rings. The van der Waals surface area contributed by atoms with E-state index in [0.29, 0.717) is 16.9 Å². The number of carbonyl (C=O) groups is 1. The Morgan fingerprint density at radius 1 is 1.36 bits per heavy atom. The number of nitrogens with two attached hydrogens (primary N) is 1. The van der Waals surface area contributed by atoms with E-state index in [2.05, 4.69) is 15.0 Å². The minimum absolute atomic E-state index is 0.204. The SMILES string of the molecule is CC(C(=O)O)N(Oc1ccccc1)[P+](=O)OC[C@H]1O[C@@H](n2cnc3c(N)ncnc32)C[C@@H]1O. The summed E-state index contributed by atoms with van der Waals surface area (Å²) in [4.78, 5) is 29.9. The van der Waals surface area contributed by atoms with Gasteiger partial charge in [-0.15, -0.1) is 4.52 Å². The Balaban J connectivity index is 1.42. The van der Waals surface area contributed by atoms with Crippen LogP contribution in [0, 0.1) is 0 Å². The van der Waals surface area contributed by atoms with Crippen LogP contribution in [0.2, 0.25) is 0 Å². The molecule has 174 valence electrons. The van der Waals surface area contributed by atoms with Crippen LogP contribution in [-0.4, -0.2) is 65.4 Å². The third kappa shape index (κ3) is 4.92. The van der Waals surface area contributed by atoms with Crippen molar-refractivity contribution in [2.45, 2.75) is 37.8 Å². The maximum absolute atomic E-state index is 12.8. The Bertz CT molecular complexity index is 1150. The summed E-state index contributed by atoms with van der Waals surface area (Å²) >= 11 is 0. The predicted molar refractivity (Wildman–Crippen MR) is 114 cm³/mol. The molecule has 2 aromatic heterocycles. The number of imidazole rings is 1. The van der Waals surface area contributed by atoms with E-state index in [1.807, 2.05) is 0 Å². The van der Waals surface area contributed by atoms with Gasteiger partial charge in [0, 0.05) is 6.42 Å². The minimum atomic E-state index is -2.73. The van der Waals surface area contributed by atoms with Gasteiger partial charge in [0.15, 0.2) is 23.3 Å². The summed E-state index contributed by atoms with van der Waals surface area (Å²) in [6.45, 7) is 1.05. The Kier molecular flexibility index (Phi) is 6.77.